The zero-order valence-electron chi connectivity index (χ0n) is 23.3. The van der Waals surface area contributed by atoms with Gasteiger partial charge >= 0.3 is 6.09 Å². The van der Waals surface area contributed by atoms with Crippen molar-refractivity contribution in [2.45, 2.75) is 89.6 Å². The monoisotopic (exact) mass is 565 g/mol. The molecule has 2 aliphatic heterocycles. The molecule has 1 aromatic heterocycles. The van der Waals surface area contributed by atoms with Crippen LogP contribution in [0.15, 0.2) is 30.3 Å². The van der Waals surface area contributed by atoms with Gasteiger partial charge in [-0.25, -0.2) is 9.78 Å². The Bertz CT molecular complexity index is 1300. The summed E-state index contributed by atoms with van der Waals surface area (Å²) in [6, 6.07) is 11.3. The maximum Gasteiger partial charge on any atom is 0.410 e. The van der Waals surface area contributed by atoms with Gasteiger partial charge in [0.2, 0.25) is 0 Å². The first-order valence-electron chi connectivity index (χ1n) is 14.0. The number of nitrogens with zero attached hydrogens (tertiary/aromatic N) is 4. The molecule has 1 saturated carbocycles. The van der Waals surface area contributed by atoms with Crippen LogP contribution in [-0.4, -0.2) is 63.7 Å². The fraction of sp³-hybridized carbons (Fsp3) is 0.533. The number of nitrogens with one attached hydrogen (secondary N) is 1. The highest BCUT2D eigenvalue weighted by Crippen LogP contribution is 2.33. The van der Waals surface area contributed by atoms with E-state index in [1.165, 1.54) is 0 Å². The number of hydrogen-bond acceptors (Lipinski definition) is 7. The largest absolute Gasteiger partial charge is 0.490 e. The lowest BCUT2D eigenvalue weighted by atomic mass is 9.92. The van der Waals surface area contributed by atoms with E-state index in [1.54, 1.807) is 23.1 Å². The van der Waals surface area contributed by atoms with E-state index in [-0.39, 0.29) is 30.2 Å². The minimum Gasteiger partial charge on any atom is -0.490 e. The van der Waals surface area contributed by atoms with Gasteiger partial charge in [-0.05, 0) is 83.6 Å². The number of piperidine rings is 1. The van der Waals surface area contributed by atoms with Gasteiger partial charge in [-0.2, -0.15) is 5.26 Å². The molecule has 40 heavy (non-hydrogen) atoms. The number of likely N-dealkylation sites (tertiary alicyclic amines) is 1. The number of fused-ring (bicyclic) bond motifs is 1. The number of amides is 2. The van der Waals surface area contributed by atoms with Crippen LogP contribution in [0.1, 0.15) is 80.9 Å². The first kappa shape index (κ1) is 28.0. The molecule has 3 heterocycles. The topological polar surface area (TPSA) is 108 Å². The zero-order valence-corrected chi connectivity index (χ0v) is 24.0. The maximum absolute atomic E-state index is 13.2. The van der Waals surface area contributed by atoms with Gasteiger partial charge in [0.05, 0.1) is 34.5 Å². The van der Waals surface area contributed by atoms with Crippen LogP contribution >= 0.6 is 11.6 Å². The smallest absolute Gasteiger partial charge is 0.410 e. The molecule has 0 spiro atoms. The fourth-order valence-corrected chi connectivity index (χ4v) is 5.86. The van der Waals surface area contributed by atoms with E-state index < -0.39 is 5.60 Å². The summed E-state index contributed by atoms with van der Waals surface area (Å²) in [5.41, 5.74) is 1.42. The second-order valence-corrected chi connectivity index (χ2v) is 12.2. The summed E-state index contributed by atoms with van der Waals surface area (Å²) < 4.78 is 11.6. The molecule has 2 fully saturated rings. The summed E-state index contributed by atoms with van der Waals surface area (Å²) >= 11 is 6.14. The summed E-state index contributed by atoms with van der Waals surface area (Å²) in [5, 5.41) is 13.0. The molecule has 3 aliphatic rings. The molecule has 1 aromatic carbocycles. The molecule has 0 atom stereocenters. The highest BCUT2D eigenvalue weighted by atomic mass is 35.5. The summed E-state index contributed by atoms with van der Waals surface area (Å²) in [6.45, 7) is 7.41. The molecule has 0 bridgehead atoms. The van der Waals surface area contributed by atoms with Crippen molar-refractivity contribution in [2.75, 3.05) is 18.4 Å². The number of halogens is 1. The Hall–Kier alpha value is -3.51. The number of carbonyl (C=O) groups is 2. The number of pyridine rings is 1. The predicted octanol–water partition coefficient (Wildman–Crippen LogP) is 5.76. The minimum atomic E-state index is -0.500. The van der Waals surface area contributed by atoms with E-state index in [1.807, 2.05) is 37.8 Å². The molecule has 0 radical (unpaired) electrons. The lowest BCUT2D eigenvalue weighted by Crippen LogP contribution is -2.44. The van der Waals surface area contributed by atoms with E-state index in [9.17, 15) is 9.59 Å². The third-order valence-electron chi connectivity index (χ3n) is 7.73. The van der Waals surface area contributed by atoms with E-state index in [4.69, 9.17) is 31.3 Å². The second-order valence-electron chi connectivity index (χ2n) is 11.8. The molecule has 10 heteroatoms. The van der Waals surface area contributed by atoms with Crippen LogP contribution in [0.25, 0.3) is 0 Å². The number of anilines is 1. The molecule has 2 amide bonds. The standard InChI is InChI=1S/C30H36ClN5O4/c1-30(2,3)40-29(38)35-14-12-20(13-15-35)33-27-11-10-24-26(34-27)18-36(28(24)37)21-5-8-22(9-6-21)39-23-7-4-19(17-32)25(31)16-23/h4,7,10-11,16,20-22H,5-6,8-9,12-15,18H2,1-3H3,(H,33,34)/t21-,22-. The number of ether oxygens (including phenoxy) is 2. The highest BCUT2D eigenvalue weighted by Gasteiger charge is 2.36. The van der Waals surface area contributed by atoms with Gasteiger partial charge in [0.25, 0.3) is 5.91 Å². The van der Waals surface area contributed by atoms with Crippen molar-refractivity contribution in [3.8, 4) is 11.8 Å². The number of nitriles is 1. The number of hydrogen-bond donors (Lipinski definition) is 1. The molecule has 5 rings (SSSR count). The van der Waals surface area contributed by atoms with E-state index in [2.05, 4.69) is 11.4 Å². The summed E-state index contributed by atoms with van der Waals surface area (Å²) in [4.78, 5) is 34.1. The summed E-state index contributed by atoms with van der Waals surface area (Å²) in [7, 11) is 0. The lowest BCUT2D eigenvalue weighted by molar-refractivity contribution is 0.0210. The van der Waals surface area contributed by atoms with Crippen LogP contribution < -0.4 is 10.1 Å². The fourth-order valence-electron chi connectivity index (χ4n) is 5.65. The Kier molecular flexibility index (Phi) is 8.09. The first-order chi connectivity index (χ1) is 19.1. The first-order valence-corrected chi connectivity index (χ1v) is 14.4. The Balaban J connectivity index is 1.11. The van der Waals surface area contributed by atoms with Crippen molar-refractivity contribution in [3.05, 3.63) is 52.2 Å². The predicted molar refractivity (Wildman–Crippen MR) is 151 cm³/mol. The zero-order chi connectivity index (χ0) is 28.4. The minimum absolute atomic E-state index is 0.0444. The summed E-state index contributed by atoms with van der Waals surface area (Å²) in [6.07, 6.45) is 4.79. The van der Waals surface area contributed by atoms with E-state index in [0.717, 1.165) is 50.0 Å². The highest BCUT2D eigenvalue weighted by molar-refractivity contribution is 6.31. The Morgan fingerprint density at radius 2 is 1.82 bits per heavy atom. The lowest BCUT2D eigenvalue weighted by Gasteiger charge is -2.34. The molecule has 2 aromatic rings. The van der Waals surface area contributed by atoms with Crippen LogP contribution in [0, 0.1) is 11.3 Å². The molecular weight excluding hydrogens is 530 g/mol. The van der Waals surface area contributed by atoms with Gasteiger partial charge in [-0.1, -0.05) is 11.6 Å². The quantitative estimate of drug-likeness (QED) is 0.490. The van der Waals surface area contributed by atoms with Crippen molar-refractivity contribution in [3.63, 3.8) is 0 Å². The Labute approximate surface area is 240 Å². The average Bonchev–Trinajstić information content (AvgIpc) is 3.24. The Morgan fingerprint density at radius 1 is 1.10 bits per heavy atom. The van der Waals surface area contributed by atoms with Crippen LogP contribution in [0.3, 0.4) is 0 Å². The SMILES string of the molecule is CC(C)(C)OC(=O)N1CCC(Nc2ccc3c(n2)CN([C@H]2CC[C@H](Oc4ccc(C#N)c(Cl)c4)CC2)C3=O)CC1. The number of benzene rings is 1. The third-order valence-corrected chi connectivity index (χ3v) is 8.05. The van der Waals surface area contributed by atoms with Crippen molar-refractivity contribution in [1.82, 2.24) is 14.8 Å². The van der Waals surface area contributed by atoms with Crippen LogP contribution in [0.4, 0.5) is 10.6 Å². The van der Waals surface area contributed by atoms with Crippen molar-refractivity contribution in [1.29, 1.82) is 5.26 Å². The van der Waals surface area contributed by atoms with Gasteiger partial charge in [-0.3, -0.25) is 4.79 Å². The molecule has 1 aliphatic carbocycles. The Morgan fingerprint density at radius 3 is 2.48 bits per heavy atom. The van der Waals surface area contributed by atoms with Gasteiger partial charge < -0.3 is 24.6 Å². The molecule has 1 saturated heterocycles. The van der Waals surface area contributed by atoms with Crippen molar-refractivity contribution >= 4 is 29.4 Å². The van der Waals surface area contributed by atoms with Crippen LogP contribution in [0.5, 0.6) is 5.75 Å². The normalized spacial score (nSPS) is 21.5. The van der Waals surface area contributed by atoms with Gasteiger partial charge in [0.1, 0.15) is 23.2 Å². The van der Waals surface area contributed by atoms with Crippen molar-refractivity contribution < 1.29 is 19.1 Å². The second kappa shape index (κ2) is 11.5. The van der Waals surface area contributed by atoms with Gasteiger partial charge in [0.15, 0.2) is 0 Å². The van der Waals surface area contributed by atoms with E-state index in [0.29, 0.717) is 41.5 Å². The number of aromatic nitrogens is 1. The van der Waals surface area contributed by atoms with Gasteiger partial charge in [-0.15, -0.1) is 0 Å². The number of carbonyl (C=O) groups excluding carboxylic acids is 2. The maximum atomic E-state index is 13.2. The molecule has 0 unspecified atom stereocenters. The molecule has 212 valence electrons. The van der Waals surface area contributed by atoms with Crippen LogP contribution in [-0.2, 0) is 11.3 Å². The average molecular weight is 566 g/mol. The van der Waals surface area contributed by atoms with Crippen molar-refractivity contribution in [2.24, 2.45) is 0 Å². The molecular formula is C30H36ClN5O4. The summed E-state index contributed by atoms with van der Waals surface area (Å²) in [5.74, 6) is 1.47. The van der Waals surface area contributed by atoms with Gasteiger partial charge in [0, 0.05) is 31.2 Å². The molecule has 1 N–H and O–H groups in total. The third kappa shape index (κ3) is 6.44. The van der Waals surface area contributed by atoms with Crippen LogP contribution in [0.2, 0.25) is 5.02 Å². The number of rotatable bonds is 5. The van der Waals surface area contributed by atoms with E-state index >= 15 is 0 Å². The molecule has 9 nitrogen and oxygen atoms in total.